The molecule has 1 fully saturated rings. The number of carboxylic acids is 1. The lowest BCUT2D eigenvalue weighted by Crippen LogP contribution is -2.18. The number of aryl methyl sites for hydroxylation is 3. The minimum atomic E-state index is -0.985. The van der Waals surface area contributed by atoms with Crippen LogP contribution in [-0.4, -0.2) is 21.0 Å². The van der Waals surface area contributed by atoms with Gasteiger partial charge in [0.25, 0.3) is 0 Å². The fourth-order valence-electron chi connectivity index (χ4n) is 2.86. The van der Waals surface area contributed by atoms with Crippen molar-refractivity contribution in [1.82, 2.24) is 0 Å². The molecule has 3 nitrogen and oxygen atoms in total. The van der Waals surface area contributed by atoms with E-state index >= 15 is 0 Å². The van der Waals surface area contributed by atoms with Gasteiger partial charge >= 0.3 is 5.97 Å². The zero-order chi connectivity index (χ0) is 14.9. The summed E-state index contributed by atoms with van der Waals surface area (Å²) in [6, 6.07) is 4.23. The second-order valence-electron chi connectivity index (χ2n) is 6.18. The Morgan fingerprint density at radius 3 is 2.25 bits per heavy atom. The Labute approximate surface area is 122 Å². The van der Waals surface area contributed by atoms with Crippen molar-refractivity contribution in [3.8, 4) is 0 Å². The van der Waals surface area contributed by atoms with Crippen LogP contribution in [0, 0.1) is 26.2 Å². The van der Waals surface area contributed by atoms with Gasteiger partial charge in [-0.25, -0.2) is 0 Å². The molecule has 0 aliphatic heterocycles. The summed E-state index contributed by atoms with van der Waals surface area (Å²) in [6.07, 6.45) is 1.96. The van der Waals surface area contributed by atoms with Crippen molar-refractivity contribution in [3.05, 3.63) is 34.4 Å². The summed E-state index contributed by atoms with van der Waals surface area (Å²) in [5, 5.41) is 8.91. The van der Waals surface area contributed by atoms with E-state index in [-0.39, 0.29) is 11.8 Å². The third kappa shape index (κ3) is 3.69. The maximum absolute atomic E-state index is 12.4. The van der Waals surface area contributed by atoms with E-state index in [1.54, 1.807) is 0 Å². The van der Waals surface area contributed by atoms with Gasteiger partial charge in [0, 0.05) is 22.3 Å². The Kier molecular flexibility index (Phi) is 4.33. The summed E-state index contributed by atoms with van der Waals surface area (Å²) >= 11 is 0. The van der Waals surface area contributed by atoms with Crippen LogP contribution in [0.1, 0.15) is 41.5 Å². The van der Waals surface area contributed by atoms with E-state index in [2.05, 4.69) is 32.9 Å². The Bertz CT molecular complexity index is 536. The van der Waals surface area contributed by atoms with Gasteiger partial charge in [0.15, 0.2) is 0 Å². The molecule has 4 heteroatoms. The van der Waals surface area contributed by atoms with Crippen molar-refractivity contribution < 1.29 is 14.1 Å². The van der Waals surface area contributed by atoms with Crippen molar-refractivity contribution in [3.63, 3.8) is 0 Å². The number of hydrogen-bond donors (Lipinski definition) is 1. The molecule has 1 aliphatic rings. The number of aliphatic carboxylic acids is 1. The second kappa shape index (κ2) is 5.68. The smallest absolute Gasteiger partial charge is 0.303 e. The van der Waals surface area contributed by atoms with E-state index in [1.807, 2.05) is 0 Å². The number of carboxylic acid groups (broad SMARTS) is 1. The molecule has 0 aromatic heterocycles. The van der Waals surface area contributed by atoms with Gasteiger partial charge in [0.2, 0.25) is 0 Å². The SMILES string of the molecule is Cc1cc(C)c(CS(=O)CC2(CC(=O)O)CC2)c(C)c1. The summed E-state index contributed by atoms with van der Waals surface area (Å²) < 4.78 is 12.4. The number of rotatable bonds is 6. The van der Waals surface area contributed by atoms with E-state index < -0.39 is 16.8 Å². The van der Waals surface area contributed by atoms with E-state index in [4.69, 9.17) is 5.11 Å². The van der Waals surface area contributed by atoms with Crippen LogP contribution in [-0.2, 0) is 21.3 Å². The zero-order valence-electron chi connectivity index (χ0n) is 12.4. The predicted molar refractivity (Wildman–Crippen MR) is 81.3 cm³/mol. The molecule has 1 aliphatic carbocycles. The van der Waals surface area contributed by atoms with E-state index in [1.165, 1.54) is 16.7 Å². The van der Waals surface area contributed by atoms with Gasteiger partial charge in [0.05, 0.1) is 6.42 Å². The fourth-order valence-corrected chi connectivity index (χ4v) is 4.81. The maximum Gasteiger partial charge on any atom is 0.303 e. The van der Waals surface area contributed by atoms with Gasteiger partial charge in [0.1, 0.15) is 0 Å². The van der Waals surface area contributed by atoms with E-state index in [0.717, 1.165) is 18.4 Å². The van der Waals surface area contributed by atoms with Crippen LogP contribution >= 0.6 is 0 Å². The Morgan fingerprint density at radius 2 is 1.80 bits per heavy atom. The van der Waals surface area contributed by atoms with Crippen molar-refractivity contribution in [2.45, 2.75) is 45.8 Å². The van der Waals surface area contributed by atoms with E-state index in [0.29, 0.717) is 11.5 Å². The first-order chi connectivity index (χ1) is 9.31. The highest BCUT2D eigenvalue weighted by atomic mass is 32.2. The predicted octanol–water partition coefficient (Wildman–Crippen LogP) is 3.12. The molecule has 0 saturated heterocycles. The molecule has 1 unspecified atom stereocenters. The van der Waals surface area contributed by atoms with Crippen LogP contribution in [0.15, 0.2) is 12.1 Å². The van der Waals surface area contributed by atoms with Crippen LogP contribution in [0.3, 0.4) is 0 Å². The van der Waals surface area contributed by atoms with Crippen LogP contribution in [0.2, 0.25) is 0 Å². The van der Waals surface area contributed by atoms with Gasteiger partial charge in [-0.3, -0.25) is 9.00 Å². The molecule has 0 radical (unpaired) electrons. The zero-order valence-corrected chi connectivity index (χ0v) is 13.2. The van der Waals surface area contributed by atoms with Gasteiger partial charge in [-0.2, -0.15) is 0 Å². The molecule has 0 heterocycles. The topological polar surface area (TPSA) is 54.4 Å². The van der Waals surface area contributed by atoms with Crippen LogP contribution in [0.5, 0.6) is 0 Å². The number of carbonyl (C=O) groups is 1. The fraction of sp³-hybridized carbons (Fsp3) is 0.562. The lowest BCUT2D eigenvalue weighted by molar-refractivity contribution is -0.138. The van der Waals surface area contributed by atoms with Crippen LogP contribution in [0.4, 0.5) is 0 Å². The second-order valence-corrected chi connectivity index (χ2v) is 7.63. The van der Waals surface area contributed by atoms with Crippen molar-refractivity contribution in [1.29, 1.82) is 0 Å². The molecule has 0 bridgehead atoms. The Balaban J connectivity index is 2.04. The maximum atomic E-state index is 12.4. The molecule has 2 rings (SSSR count). The van der Waals surface area contributed by atoms with Gasteiger partial charge in [-0.1, -0.05) is 17.7 Å². The monoisotopic (exact) mass is 294 g/mol. The van der Waals surface area contributed by atoms with Crippen molar-refractivity contribution in [2.75, 3.05) is 5.75 Å². The Hall–Kier alpha value is -1.16. The highest BCUT2D eigenvalue weighted by Crippen LogP contribution is 2.49. The molecular weight excluding hydrogens is 272 g/mol. The van der Waals surface area contributed by atoms with Crippen molar-refractivity contribution in [2.24, 2.45) is 5.41 Å². The lowest BCUT2D eigenvalue weighted by Gasteiger charge is -2.15. The molecule has 110 valence electrons. The first-order valence-corrected chi connectivity index (χ1v) is 8.44. The van der Waals surface area contributed by atoms with Gasteiger partial charge < -0.3 is 5.11 Å². The first kappa shape index (κ1) is 15.2. The molecule has 1 aromatic carbocycles. The molecular formula is C16H22O3S. The summed E-state index contributed by atoms with van der Waals surface area (Å²) in [5.74, 6) is 0.285. The molecule has 1 N–H and O–H groups in total. The standard InChI is InChI=1S/C16H22O3S/c1-11-6-12(2)14(13(3)7-11)9-20(19)10-16(4-5-16)8-15(17)18/h6-7H,4-5,8-10H2,1-3H3,(H,17,18). The van der Waals surface area contributed by atoms with Crippen LogP contribution < -0.4 is 0 Å². The molecule has 0 spiro atoms. The third-order valence-corrected chi connectivity index (χ3v) is 5.64. The minimum absolute atomic E-state index is 0.157. The molecule has 0 amide bonds. The van der Waals surface area contributed by atoms with Crippen LogP contribution in [0.25, 0.3) is 0 Å². The van der Waals surface area contributed by atoms with E-state index in [9.17, 15) is 9.00 Å². The molecule has 20 heavy (non-hydrogen) atoms. The van der Waals surface area contributed by atoms with Crippen molar-refractivity contribution >= 4 is 16.8 Å². The lowest BCUT2D eigenvalue weighted by atomic mass is 10.0. The number of hydrogen-bond acceptors (Lipinski definition) is 2. The van der Waals surface area contributed by atoms with Gasteiger partial charge in [-0.05, 0) is 55.7 Å². The summed E-state index contributed by atoms with van der Waals surface area (Å²) in [4.78, 5) is 10.8. The number of benzene rings is 1. The average Bonchev–Trinajstić information content (AvgIpc) is 3.01. The summed E-state index contributed by atoms with van der Waals surface area (Å²) in [7, 11) is -0.985. The average molecular weight is 294 g/mol. The highest BCUT2D eigenvalue weighted by molar-refractivity contribution is 7.84. The molecule has 1 saturated carbocycles. The van der Waals surface area contributed by atoms with Gasteiger partial charge in [-0.15, -0.1) is 0 Å². The summed E-state index contributed by atoms with van der Waals surface area (Å²) in [5.41, 5.74) is 4.54. The molecule has 1 aromatic rings. The quantitative estimate of drug-likeness (QED) is 0.877. The first-order valence-electron chi connectivity index (χ1n) is 6.95. The third-order valence-electron chi connectivity index (χ3n) is 4.10. The summed E-state index contributed by atoms with van der Waals surface area (Å²) in [6.45, 7) is 6.17. The largest absolute Gasteiger partial charge is 0.481 e. The Morgan fingerprint density at radius 1 is 1.25 bits per heavy atom. The minimum Gasteiger partial charge on any atom is -0.481 e. The highest BCUT2D eigenvalue weighted by Gasteiger charge is 2.45. The molecule has 1 atom stereocenters. The normalized spacial score (nSPS) is 17.8.